The third kappa shape index (κ3) is 5.93. The minimum absolute atomic E-state index is 0.0144. The molecule has 150 valence electrons. The Morgan fingerprint density at radius 3 is 2.48 bits per heavy atom. The molecule has 0 radical (unpaired) electrons. The van der Waals surface area contributed by atoms with Gasteiger partial charge in [0.2, 0.25) is 0 Å². The summed E-state index contributed by atoms with van der Waals surface area (Å²) in [5.41, 5.74) is 4.23. The van der Waals surface area contributed by atoms with E-state index >= 15 is 0 Å². The van der Waals surface area contributed by atoms with Gasteiger partial charge in [-0.05, 0) is 13.0 Å². The molecule has 0 spiro atoms. The number of hydrogen-bond donors (Lipinski definition) is 4. The van der Waals surface area contributed by atoms with Crippen LogP contribution in [-0.2, 0) is 0 Å². The maximum absolute atomic E-state index is 12.0. The molecule has 1 saturated heterocycles. The average Bonchev–Trinajstić information content (AvgIpc) is 3.11. The lowest BCUT2D eigenvalue weighted by Gasteiger charge is -2.39. The first-order valence-electron chi connectivity index (χ1n) is 8.87. The molecule has 1 aromatic heterocycles. The number of nitro groups is 1. The fraction of sp³-hybridized carbons (Fsp3) is 0.625. The molecule has 1 aromatic rings. The van der Waals surface area contributed by atoms with E-state index in [0.717, 1.165) is 38.4 Å². The number of aromatic amines is 1. The second-order valence-corrected chi connectivity index (χ2v) is 6.97. The Hall–Kier alpha value is -2.66. The summed E-state index contributed by atoms with van der Waals surface area (Å²) >= 11 is 0. The van der Waals surface area contributed by atoms with E-state index in [0.29, 0.717) is 12.5 Å². The SMILES string of the molecule is CC(C)C(CNC(=O)NNC(=O)c1cc([N+](=O)[O-])c[nH]1)N1CCN(C)CC1. The Morgan fingerprint density at radius 1 is 1.26 bits per heavy atom. The van der Waals surface area contributed by atoms with Crippen LogP contribution in [0.15, 0.2) is 12.3 Å². The molecule has 2 heterocycles. The van der Waals surface area contributed by atoms with Crippen molar-refractivity contribution < 1.29 is 14.5 Å². The summed E-state index contributed by atoms with van der Waals surface area (Å²) in [6, 6.07) is 0.757. The minimum atomic E-state index is -0.669. The van der Waals surface area contributed by atoms with Crippen molar-refractivity contribution in [2.75, 3.05) is 39.8 Å². The van der Waals surface area contributed by atoms with Crippen molar-refractivity contribution in [1.82, 2.24) is 31.0 Å². The number of hydrogen-bond acceptors (Lipinski definition) is 6. The number of carbonyl (C=O) groups is 2. The van der Waals surface area contributed by atoms with Crippen molar-refractivity contribution in [3.8, 4) is 0 Å². The highest BCUT2D eigenvalue weighted by atomic mass is 16.6. The number of rotatable bonds is 6. The van der Waals surface area contributed by atoms with Crippen molar-refractivity contribution in [2.45, 2.75) is 19.9 Å². The molecule has 0 aromatic carbocycles. The molecule has 4 N–H and O–H groups in total. The number of urea groups is 1. The largest absolute Gasteiger partial charge is 0.351 e. The van der Waals surface area contributed by atoms with Gasteiger partial charge in [-0.3, -0.25) is 25.2 Å². The highest BCUT2D eigenvalue weighted by Crippen LogP contribution is 2.13. The van der Waals surface area contributed by atoms with Crippen LogP contribution in [0, 0.1) is 16.0 Å². The Balaban J connectivity index is 1.78. The number of H-pyrrole nitrogens is 1. The zero-order valence-corrected chi connectivity index (χ0v) is 15.8. The predicted molar refractivity (Wildman–Crippen MR) is 99.1 cm³/mol. The Bertz CT molecular complexity index is 667. The van der Waals surface area contributed by atoms with Crippen LogP contribution in [0.2, 0.25) is 0 Å². The molecule has 27 heavy (non-hydrogen) atoms. The van der Waals surface area contributed by atoms with Gasteiger partial charge in [-0.2, -0.15) is 0 Å². The summed E-state index contributed by atoms with van der Waals surface area (Å²) < 4.78 is 0. The highest BCUT2D eigenvalue weighted by Gasteiger charge is 2.25. The zero-order chi connectivity index (χ0) is 20.0. The number of aromatic nitrogens is 1. The standard InChI is InChI=1S/C16H27N7O4/c1-11(2)14(22-6-4-21(3)5-7-22)10-18-16(25)20-19-15(24)13-8-12(9-17-13)23(26)27/h8-9,11,14,17H,4-7,10H2,1-3H3,(H,19,24)(H2,18,20,25). The number of likely N-dealkylation sites (N-methyl/N-ethyl adjacent to an activating group) is 1. The minimum Gasteiger partial charge on any atom is -0.351 e. The van der Waals surface area contributed by atoms with Gasteiger partial charge in [0, 0.05) is 44.8 Å². The molecule has 0 aliphatic carbocycles. The van der Waals surface area contributed by atoms with E-state index < -0.39 is 16.9 Å². The third-order valence-corrected chi connectivity index (χ3v) is 4.66. The normalized spacial score (nSPS) is 16.7. The van der Waals surface area contributed by atoms with E-state index in [-0.39, 0.29) is 17.4 Å². The Morgan fingerprint density at radius 2 is 1.93 bits per heavy atom. The monoisotopic (exact) mass is 381 g/mol. The smallest absolute Gasteiger partial charge is 0.333 e. The summed E-state index contributed by atoms with van der Waals surface area (Å²) in [6.07, 6.45) is 1.11. The molecule has 2 rings (SSSR count). The van der Waals surface area contributed by atoms with Crippen LogP contribution in [0.25, 0.3) is 0 Å². The predicted octanol–water partition coefficient (Wildman–Crippen LogP) is 0.139. The van der Waals surface area contributed by atoms with Gasteiger partial charge in [-0.15, -0.1) is 0 Å². The number of piperazine rings is 1. The second kappa shape index (κ2) is 9.33. The molecule has 11 nitrogen and oxygen atoms in total. The lowest BCUT2D eigenvalue weighted by molar-refractivity contribution is -0.384. The fourth-order valence-corrected chi connectivity index (χ4v) is 2.98. The van der Waals surface area contributed by atoms with Gasteiger partial charge in [-0.25, -0.2) is 10.2 Å². The molecule has 11 heteroatoms. The first-order chi connectivity index (χ1) is 12.8. The van der Waals surface area contributed by atoms with Gasteiger partial charge in [-0.1, -0.05) is 13.8 Å². The summed E-state index contributed by atoms with van der Waals surface area (Å²) in [4.78, 5) is 41.0. The topological polar surface area (TPSA) is 136 Å². The van der Waals surface area contributed by atoms with E-state index in [1.807, 2.05) is 0 Å². The van der Waals surface area contributed by atoms with Crippen LogP contribution in [0.1, 0.15) is 24.3 Å². The van der Waals surface area contributed by atoms with E-state index in [1.165, 1.54) is 0 Å². The van der Waals surface area contributed by atoms with Crippen LogP contribution in [0.4, 0.5) is 10.5 Å². The van der Waals surface area contributed by atoms with Crippen LogP contribution in [0.5, 0.6) is 0 Å². The van der Waals surface area contributed by atoms with Gasteiger partial charge in [0.05, 0.1) is 11.1 Å². The summed E-state index contributed by atoms with van der Waals surface area (Å²) in [5.74, 6) is -0.305. The van der Waals surface area contributed by atoms with E-state index in [2.05, 4.69) is 51.8 Å². The van der Waals surface area contributed by atoms with Crippen molar-refractivity contribution in [1.29, 1.82) is 0 Å². The summed E-state index contributed by atoms with van der Waals surface area (Å²) in [7, 11) is 2.09. The Kier molecular flexibility index (Phi) is 7.13. The molecule has 1 atom stereocenters. The van der Waals surface area contributed by atoms with Crippen molar-refractivity contribution in [2.24, 2.45) is 5.92 Å². The van der Waals surface area contributed by atoms with E-state index in [4.69, 9.17) is 0 Å². The lowest BCUT2D eigenvalue weighted by atomic mass is 10.0. The van der Waals surface area contributed by atoms with Crippen molar-refractivity contribution >= 4 is 17.6 Å². The molecule has 0 saturated carbocycles. The molecule has 0 bridgehead atoms. The molecule has 1 aliphatic rings. The zero-order valence-electron chi connectivity index (χ0n) is 15.8. The van der Waals surface area contributed by atoms with Crippen LogP contribution in [-0.4, -0.2) is 77.5 Å². The van der Waals surface area contributed by atoms with Crippen molar-refractivity contribution in [3.05, 3.63) is 28.1 Å². The quantitative estimate of drug-likeness (QED) is 0.409. The molecule has 3 amide bonds. The Labute approximate surface area is 157 Å². The van der Waals surface area contributed by atoms with Gasteiger partial charge in [0.15, 0.2) is 0 Å². The van der Waals surface area contributed by atoms with Crippen LogP contribution in [0.3, 0.4) is 0 Å². The fourth-order valence-electron chi connectivity index (χ4n) is 2.98. The molecule has 1 unspecified atom stereocenters. The third-order valence-electron chi connectivity index (χ3n) is 4.66. The van der Waals surface area contributed by atoms with Gasteiger partial charge in [0.25, 0.3) is 11.6 Å². The second-order valence-electron chi connectivity index (χ2n) is 6.97. The summed E-state index contributed by atoms with van der Waals surface area (Å²) in [6.45, 7) is 8.57. The number of nitrogens with one attached hydrogen (secondary N) is 4. The van der Waals surface area contributed by atoms with Gasteiger partial charge < -0.3 is 15.2 Å². The number of hydrazine groups is 1. The maximum Gasteiger partial charge on any atom is 0.333 e. The van der Waals surface area contributed by atoms with E-state index in [9.17, 15) is 19.7 Å². The van der Waals surface area contributed by atoms with Gasteiger partial charge in [0.1, 0.15) is 5.69 Å². The first kappa shape index (κ1) is 20.6. The molecular formula is C16H27N7O4. The summed E-state index contributed by atoms with van der Waals surface area (Å²) in [5, 5.41) is 13.4. The average molecular weight is 381 g/mol. The van der Waals surface area contributed by atoms with E-state index in [1.54, 1.807) is 0 Å². The van der Waals surface area contributed by atoms with Crippen LogP contribution >= 0.6 is 0 Å². The van der Waals surface area contributed by atoms with Crippen LogP contribution < -0.4 is 16.2 Å². The van der Waals surface area contributed by atoms with Crippen molar-refractivity contribution in [3.63, 3.8) is 0 Å². The number of amides is 3. The highest BCUT2D eigenvalue weighted by molar-refractivity contribution is 5.94. The first-order valence-corrected chi connectivity index (χ1v) is 8.87. The van der Waals surface area contributed by atoms with Gasteiger partial charge >= 0.3 is 6.03 Å². The molecule has 1 fully saturated rings. The molecule has 1 aliphatic heterocycles. The number of nitrogens with zero attached hydrogens (tertiary/aromatic N) is 3. The number of carbonyl (C=O) groups excluding carboxylic acids is 2. The maximum atomic E-state index is 12.0. The lowest BCUT2D eigenvalue weighted by Crippen LogP contribution is -2.56. The molecular weight excluding hydrogens is 354 g/mol.